The molecule has 2 aromatic carbocycles. The van der Waals surface area contributed by atoms with Crippen LogP contribution in [0.5, 0.6) is 5.75 Å². The van der Waals surface area contributed by atoms with E-state index in [2.05, 4.69) is 21.5 Å². The van der Waals surface area contributed by atoms with Crippen LogP contribution >= 0.6 is 0 Å². The first-order chi connectivity index (χ1) is 15.5. The maximum Gasteiger partial charge on any atom is 0.258 e. The molecule has 0 amide bonds. The van der Waals surface area contributed by atoms with Crippen LogP contribution in [0, 0.1) is 11.3 Å². The van der Waals surface area contributed by atoms with Crippen molar-refractivity contribution >= 4 is 0 Å². The smallest absolute Gasteiger partial charge is 0.258 e. The van der Waals surface area contributed by atoms with Crippen molar-refractivity contribution in [3.05, 3.63) is 53.1 Å². The fraction of sp³-hybridized carbons (Fsp3) is 0.375. The minimum Gasteiger partial charge on any atom is -0.490 e. The van der Waals surface area contributed by atoms with Crippen molar-refractivity contribution in [3.8, 4) is 34.7 Å². The Kier molecular flexibility index (Phi) is 6.51. The maximum absolute atomic E-state index is 9.48. The summed E-state index contributed by atoms with van der Waals surface area (Å²) >= 11 is 0. The predicted molar refractivity (Wildman–Crippen MR) is 118 cm³/mol. The highest BCUT2D eigenvalue weighted by atomic mass is 16.5. The average Bonchev–Trinajstić information content (AvgIpc) is 3.45. The van der Waals surface area contributed by atoms with Gasteiger partial charge in [0.1, 0.15) is 11.8 Å². The normalized spacial score (nSPS) is 15.2. The lowest BCUT2D eigenvalue weighted by Gasteiger charge is -2.20. The molecular formula is C24H26N4O4. The fourth-order valence-electron chi connectivity index (χ4n) is 4.04. The quantitative estimate of drug-likeness (QED) is 0.494. The molecule has 0 aliphatic heterocycles. The van der Waals surface area contributed by atoms with Crippen LogP contribution in [0.25, 0.3) is 22.8 Å². The van der Waals surface area contributed by atoms with Gasteiger partial charge in [-0.15, -0.1) is 0 Å². The molecule has 0 radical (unpaired) electrons. The molecular weight excluding hydrogens is 408 g/mol. The molecule has 1 aromatic heterocycles. The SMILES string of the molecule is CC(C)Oc1ccc(-c2nc(-c3cccc4c3CCC4NC(CO)CO)no2)cc1C#N. The molecule has 8 nitrogen and oxygen atoms in total. The van der Waals surface area contributed by atoms with Crippen LogP contribution < -0.4 is 10.1 Å². The van der Waals surface area contributed by atoms with Crippen LogP contribution in [0.1, 0.15) is 43.0 Å². The molecule has 8 heteroatoms. The van der Waals surface area contributed by atoms with Crippen LogP contribution in [0.4, 0.5) is 0 Å². The first-order valence-electron chi connectivity index (χ1n) is 10.7. The third-order valence-corrected chi connectivity index (χ3v) is 5.52. The lowest BCUT2D eigenvalue weighted by atomic mass is 10.0. The largest absolute Gasteiger partial charge is 0.490 e. The number of aromatic nitrogens is 2. The van der Waals surface area contributed by atoms with Gasteiger partial charge in [0.25, 0.3) is 5.89 Å². The van der Waals surface area contributed by atoms with Gasteiger partial charge < -0.3 is 24.8 Å². The van der Waals surface area contributed by atoms with Crippen LogP contribution in [-0.4, -0.2) is 45.7 Å². The maximum atomic E-state index is 9.48. The second-order valence-electron chi connectivity index (χ2n) is 8.11. The summed E-state index contributed by atoms with van der Waals surface area (Å²) in [7, 11) is 0. The molecule has 32 heavy (non-hydrogen) atoms. The van der Waals surface area contributed by atoms with Gasteiger partial charge in [0.2, 0.25) is 5.82 Å². The van der Waals surface area contributed by atoms with Crippen molar-refractivity contribution in [2.75, 3.05) is 13.2 Å². The van der Waals surface area contributed by atoms with Crippen molar-refractivity contribution in [2.24, 2.45) is 0 Å². The standard InChI is InChI=1S/C24H26N4O4/c1-14(2)31-22-9-6-15(10-16(22)11-25)24-27-23(28-32-24)20-5-3-4-19-18(20)7-8-21(19)26-17(12-29)13-30/h3-6,9-10,14,17,21,26,29-30H,7-8,12-13H2,1-2H3. The summed E-state index contributed by atoms with van der Waals surface area (Å²) in [5.41, 5.74) is 4.20. The predicted octanol–water partition coefficient (Wildman–Crippen LogP) is 2.99. The Morgan fingerprint density at radius 1 is 1.25 bits per heavy atom. The van der Waals surface area contributed by atoms with Crippen molar-refractivity contribution in [1.82, 2.24) is 15.5 Å². The molecule has 0 spiro atoms. The van der Waals surface area contributed by atoms with E-state index >= 15 is 0 Å². The van der Waals surface area contributed by atoms with Crippen LogP contribution in [0.15, 0.2) is 40.9 Å². The van der Waals surface area contributed by atoms with E-state index in [9.17, 15) is 15.5 Å². The molecule has 0 saturated carbocycles. The van der Waals surface area contributed by atoms with E-state index < -0.39 is 0 Å². The third-order valence-electron chi connectivity index (χ3n) is 5.52. The number of benzene rings is 2. The molecule has 4 rings (SSSR count). The third kappa shape index (κ3) is 4.36. The van der Waals surface area contributed by atoms with E-state index in [0.717, 1.165) is 29.5 Å². The Hall–Kier alpha value is -3.25. The molecule has 0 bridgehead atoms. The van der Waals surface area contributed by atoms with Crippen LogP contribution in [-0.2, 0) is 6.42 Å². The van der Waals surface area contributed by atoms with Gasteiger partial charge in [-0.3, -0.25) is 0 Å². The average molecular weight is 434 g/mol. The molecule has 1 atom stereocenters. The zero-order valence-corrected chi connectivity index (χ0v) is 18.1. The summed E-state index contributed by atoms with van der Waals surface area (Å²) in [5.74, 6) is 1.34. The second kappa shape index (κ2) is 9.49. The number of nitrogens with zero attached hydrogens (tertiary/aromatic N) is 3. The van der Waals surface area contributed by atoms with E-state index in [0.29, 0.717) is 28.6 Å². The number of hydrogen-bond donors (Lipinski definition) is 3. The Labute approximate surface area is 186 Å². The summed E-state index contributed by atoms with van der Waals surface area (Å²) in [6.45, 7) is 3.57. The number of fused-ring (bicyclic) bond motifs is 1. The second-order valence-corrected chi connectivity index (χ2v) is 8.11. The number of nitrogens with one attached hydrogen (secondary N) is 1. The molecule has 1 heterocycles. The Balaban J connectivity index is 1.62. The van der Waals surface area contributed by atoms with E-state index in [-0.39, 0.29) is 31.4 Å². The number of ether oxygens (including phenoxy) is 1. The summed E-state index contributed by atoms with van der Waals surface area (Å²) in [4.78, 5) is 4.58. The van der Waals surface area contributed by atoms with E-state index in [1.165, 1.54) is 0 Å². The zero-order valence-electron chi connectivity index (χ0n) is 18.1. The Morgan fingerprint density at radius 2 is 2.06 bits per heavy atom. The van der Waals surface area contributed by atoms with Gasteiger partial charge in [-0.05, 0) is 56.0 Å². The number of nitriles is 1. The minimum atomic E-state index is -0.358. The summed E-state index contributed by atoms with van der Waals surface area (Å²) in [6.07, 6.45) is 1.65. The highest BCUT2D eigenvalue weighted by Gasteiger charge is 2.28. The van der Waals surface area contributed by atoms with Gasteiger partial charge >= 0.3 is 0 Å². The molecule has 1 aliphatic carbocycles. The van der Waals surface area contributed by atoms with Gasteiger partial charge in [0.15, 0.2) is 0 Å². The molecule has 1 aliphatic rings. The Bertz CT molecular complexity index is 1130. The van der Waals surface area contributed by atoms with Gasteiger partial charge in [0.05, 0.1) is 30.9 Å². The fourth-order valence-corrected chi connectivity index (χ4v) is 4.04. The molecule has 0 fully saturated rings. The highest BCUT2D eigenvalue weighted by molar-refractivity contribution is 5.67. The van der Waals surface area contributed by atoms with Gasteiger partial charge in [-0.1, -0.05) is 23.4 Å². The van der Waals surface area contributed by atoms with Crippen molar-refractivity contribution in [1.29, 1.82) is 5.26 Å². The van der Waals surface area contributed by atoms with E-state index in [1.54, 1.807) is 18.2 Å². The number of hydrogen-bond acceptors (Lipinski definition) is 8. The highest BCUT2D eigenvalue weighted by Crippen LogP contribution is 2.37. The van der Waals surface area contributed by atoms with Crippen molar-refractivity contribution < 1.29 is 19.5 Å². The first kappa shape index (κ1) is 22.0. The van der Waals surface area contributed by atoms with Crippen LogP contribution in [0.3, 0.4) is 0 Å². The zero-order chi connectivity index (χ0) is 22.7. The number of aliphatic hydroxyl groups excluding tert-OH is 2. The summed E-state index contributed by atoms with van der Waals surface area (Å²) in [5, 5.41) is 35.8. The minimum absolute atomic E-state index is 0.0357. The van der Waals surface area contributed by atoms with Gasteiger partial charge in [0, 0.05) is 17.2 Å². The van der Waals surface area contributed by atoms with Gasteiger partial charge in [-0.2, -0.15) is 10.2 Å². The van der Waals surface area contributed by atoms with Crippen molar-refractivity contribution in [2.45, 2.75) is 44.9 Å². The van der Waals surface area contributed by atoms with Crippen molar-refractivity contribution in [3.63, 3.8) is 0 Å². The van der Waals surface area contributed by atoms with E-state index in [1.807, 2.05) is 32.0 Å². The molecule has 166 valence electrons. The van der Waals surface area contributed by atoms with Crippen LogP contribution in [0.2, 0.25) is 0 Å². The van der Waals surface area contributed by atoms with Gasteiger partial charge in [-0.25, -0.2) is 0 Å². The monoisotopic (exact) mass is 434 g/mol. The summed E-state index contributed by atoms with van der Waals surface area (Å²) in [6, 6.07) is 13.0. The lowest BCUT2D eigenvalue weighted by Crippen LogP contribution is -2.37. The molecule has 3 aromatic rings. The number of rotatable bonds is 8. The Morgan fingerprint density at radius 3 is 2.78 bits per heavy atom. The first-order valence-corrected chi connectivity index (χ1v) is 10.7. The number of aliphatic hydroxyl groups is 2. The van der Waals surface area contributed by atoms with E-state index in [4.69, 9.17) is 9.26 Å². The molecule has 0 saturated heterocycles. The molecule has 3 N–H and O–H groups in total. The summed E-state index contributed by atoms with van der Waals surface area (Å²) < 4.78 is 11.2. The molecule has 1 unspecified atom stereocenters. The lowest BCUT2D eigenvalue weighted by molar-refractivity contribution is 0.162. The topological polar surface area (TPSA) is 124 Å².